The second-order valence-corrected chi connectivity index (χ2v) is 9.06. The molecule has 0 aliphatic carbocycles. The first-order valence-corrected chi connectivity index (χ1v) is 10.9. The van der Waals surface area contributed by atoms with Crippen LogP contribution in [0.2, 0.25) is 0 Å². The molecule has 1 aliphatic rings. The van der Waals surface area contributed by atoms with Gasteiger partial charge in [-0.15, -0.1) is 0 Å². The third kappa shape index (κ3) is 2.32. The smallest absolute Gasteiger partial charge is 0.295 e. The van der Waals surface area contributed by atoms with Gasteiger partial charge in [-0.25, -0.2) is 4.57 Å². The van der Waals surface area contributed by atoms with Crippen molar-refractivity contribution in [3.05, 3.63) is 95.5 Å². The molecule has 6 rings (SSSR count). The Bertz CT molecular complexity index is 1580. The number of allylic oxidation sites excluding steroid dienone is 2. The number of likely N-dealkylation sites (N-methyl/N-ethyl adjacent to an activating group) is 1. The van der Waals surface area contributed by atoms with Crippen LogP contribution in [-0.4, -0.2) is 11.4 Å². The van der Waals surface area contributed by atoms with Gasteiger partial charge in [-0.1, -0.05) is 56.3 Å². The van der Waals surface area contributed by atoms with E-state index in [0.29, 0.717) is 0 Å². The largest absolute Gasteiger partial charge is 0.347 e. The molecule has 0 amide bonds. The fraction of sp³-hybridized carbons (Fsp3) is 0.179. The summed E-state index contributed by atoms with van der Waals surface area (Å²) < 4.78 is 4.72. The van der Waals surface area contributed by atoms with Crippen molar-refractivity contribution >= 4 is 39.2 Å². The van der Waals surface area contributed by atoms with E-state index < -0.39 is 0 Å². The molecular formula is C28H26N3+. The third-order valence-electron chi connectivity index (χ3n) is 7.04. The zero-order valence-corrected chi connectivity index (χ0v) is 18.4. The van der Waals surface area contributed by atoms with Gasteiger partial charge in [0.25, 0.3) is 5.65 Å². The molecule has 0 bridgehead atoms. The summed E-state index contributed by atoms with van der Waals surface area (Å²) in [6.45, 7) is 4.64. The molecule has 3 heteroatoms. The normalized spacial score (nSPS) is 17.5. The van der Waals surface area contributed by atoms with Crippen LogP contribution in [0, 0.1) is 0 Å². The highest BCUT2D eigenvalue weighted by Crippen LogP contribution is 2.46. The molecule has 0 saturated heterocycles. The van der Waals surface area contributed by atoms with Crippen LogP contribution in [0.25, 0.3) is 33.5 Å². The predicted octanol–water partition coefficient (Wildman–Crippen LogP) is 4.88. The van der Waals surface area contributed by atoms with Crippen molar-refractivity contribution in [3.63, 3.8) is 0 Å². The molecule has 2 aromatic heterocycles. The van der Waals surface area contributed by atoms with Crippen LogP contribution in [0.4, 0.5) is 5.69 Å². The minimum atomic E-state index is -0.0349. The molecule has 0 fully saturated rings. The second kappa shape index (κ2) is 6.21. The van der Waals surface area contributed by atoms with E-state index in [-0.39, 0.29) is 5.41 Å². The van der Waals surface area contributed by atoms with Crippen LogP contribution in [0.15, 0.2) is 84.6 Å². The highest BCUT2D eigenvalue weighted by Gasteiger charge is 2.37. The van der Waals surface area contributed by atoms with Crippen LogP contribution >= 0.6 is 0 Å². The summed E-state index contributed by atoms with van der Waals surface area (Å²) >= 11 is 0. The minimum absolute atomic E-state index is 0.0349. The number of imidazole rings is 1. The summed E-state index contributed by atoms with van der Waals surface area (Å²) in [6.07, 6.45) is 4.62. The predicted molar refractivity (Wildman–Crippen MR) is 129 cm³/mol. The lowest BCUT2D eigenvalue weighted by Gasteiger charge is -2.23. The van der Waals surface area contributed by atoms with Crippen molar-refractivity contribution < 1.29 is 4.57 Å². The van der Waals surface area contributed by atoms with Crippen molar-refractivity contribution in [2.45, 2.75) is 19.3 Å². The summed E-state index contributed by atoms with van der Waals surface area (Å²) in [5.74, 6) is 0. The highest BCUT2D eigenvalue weighted by molar-refractivity contribution is 5.98. The Morgan fingerprint density at radius 3 is 2.29 bits per heavy atom. The molecule has 31 heavy (non-hydrogen) atoms. The number of hydrogen-bond donors (Lipinski definition) is 0. The van der Waals surface area contributed by atoms with Crippen LogP contribution in [-0.2, 0) is 12.5 Å². The van der Waals surface area contributed by atoms with E-state index in [1.807, 2.05) is 0 Å². The van der Waals surface area contributed by atoms with Gasteiger partial charge in [0.15, 0.2) is 11.0 Å². The lowest BCUT2D eigenvalue weighted by Crippen LogP contribution is -2.27. The van der Waals surface area contributed by atoms with E-state index in [2.05, 4.69) is 127 Å². The number of benzene rings is 3. The van der Waals surface area contributed by atoms with Crippen LogP contribution in [0.3, 0.4) is 0 Å². The van der Waals surface area contributed by atoms with Crippen LogP contribution < -0.4 is 14.8 Å². The molecule has 3 heterocycles. The Kier molecular flexibility index (Phi) is 3.64. The van der Waals surface area contributed by atoms with Gasteiger partial charge in [0, 0.05) is 29.2 Å². The molecule has 5 aromatic rings. The fourth-order valence-electron chi connectivity index (χ4n) is 5.51. The fourth-order valence-corrected chi connectivity index (χ4v) is 5.51. The number of hydrogen-bond acceptors (Lipinski definition) is 1. The first-order valence-electron chi connectivity index (χ1n) is 10.9. The van der Waals surface area contributed by atoms with Crippen molar-refractivity contribution in [2.24, 2.45) is 7.05 Å². The molecule has 0 atom stereocenters. The zero-order valence-electron chi connectivity index (χ0n) is 18.4. The van der Waals surface area contributed by atoms with Gasteiger partial charge in [-0.3, -0.25) is 0 Å². The lowest BCUT2D eigenvalue weighted by molar-refractivity contribution is -0.617. The third-order valence-corrected chi connectivity index (χ3v) is 7.04. The summed E-state index contributed by atoms with van der Waals surface area (Å²) in [5.41, 5.74) is 7.68. The van der Waals surface area contributed by atoms with E-state index >= 15 is 0 Å². The van der Waals surface area contributed by atoms with Gasteiger partial charge in [0.1, 0.15) is 5.35 Å². The van der Waals surface area contributed by atoms with Gasteiger partial charge in [-0.05, 0) is 48.0 Å². The molecule has 1 aliphatic heterocycles. The Balaban J connectivity index is 1.70. The molecule has 0 saturated carbocycles. The number of nitrogens with zero attached hydrogens (tertiary/aromatic N) is 3. The SMILES string of the molecule is CN1/C(=C/C=c2/c3ccccc3c3n2c2ccccc2[n+]3C)C(C)(C)c2ccccc21. The van der Waals surface area contributed by atoms with Crippen molar-refractivity contribution in [2.75, 3.05) is 11.9 Å². The van der Waals surface area contributed by atoms with E-state index in [9.17, 15) is 0 Å². The van der Waals surface area contributed by atoms with Gasteiger partial charge in [-0.2, -0.15) is 4.40 Å². The molecule has 3 nitrogen and oxygen atoms in total. The van der Waals surface area contributed by atoms with Gasteiger partial charge < -0.3 is 4.90 Å². The van der Waals surface area contributed by atoms with Crippen molar-refractivity contribution in [1.29, 1.82) is 0 Å². The minimum Gasteiger partial charge on any atom is -0.347 e. The quantitative estimate of drug-likeness (QED) is 0.363. The molecule has 152 valence electrons. The van der Waals surface area contributed by atoms with Gasteiger partial charge in [0.05, 0.1) is 12.4 Å². The van der Waals surface area contributed by atoms with Crippen molar-refractivity contribution in [3.8, 4) is 0 Å². The summed E-state index contributed by atoms with van der Waals surface area (Å²) in [4.78, 5) is 2.34. The number of aryl methyl sites for hydroxylation is 1. The molecule has 0 unspecified atom stereocenters. The van der Waals surface area contributed by atoms with Crippen LogP contribution in [0.1, 0.15) is 19.4 Å². The maximum atomic E-state index is 2.41. The molecule has 0 N–H and O–H groups in total. The lowest BCUT2D eigenvalue weighted by atomic mass is 9.84. The first-order chi connectivity index (χ1) is 15.0. The van der Waals surface area contributed by atoms with Crippen molar-refractivity contribution in [1.82, 2.24) is 4.40 Å². The van der Waals surface area contributed by atoms with E-state index in [4.69, 9.17) is 0 Å². The monoisotopic (exact) mass is 404 g/mol. The standard InChI is InChI=1S/C28H26N3/c1-28(2)21-13-7-8-14-23(21)29(3)26(28)18-17-22-19-11-5-6-12-20(19)27-30(4)24-15-9-10-16-25(24)31(22)27/h5-18H,1-4H3/q+1. The summed E-state index contributed by atoms with van der Waals surface area (Å²) in [5, 5.41) is 3.80. The van der Waals surface area contributed by atoms with Crippen LogP contribution in [0.5, 0.6) is 0 Å². The summed E-state index contributed by atoms with van der Waals surface area (Å²) in [6, 6.07) is 26.1. The Hall–Kier alpha value is -3.59. The first kappa shape index (κ1) is 18.2. The molecule has 0 radical (unpaired) electrons. The zero-order chi connectivity index (χ0) is 21.3. The second-order valence-electron chi connectivity index (χ2n) is 9.06. The Morgan fingerprint density at radius 1 is 0.806 bits per heavy atom. The average molecular weight is 405 g/mol. The number of para-hydroxylation sites is 3. The maximum absolute atomic E-state index is 2.41. The Labute approximate surface area is 182 Å². The van der Waals surface area contributed by atoms with E-state index in [0.717, 1.165) is 0 Å². The highest BCUT2D eigenvalue weighted by atomic mass is 15.2. The number of fused-ring (bicyclic) bond motifs is 6. The van der Waals surface area contributed by atoms with Gasteiger partial charge >= 0.3 is 0 Å². The number of aromatic nitrogens is 2. The maximum Gasteiger partial charge on any atom is 0.295 e. The van der Waals surface area contributed by atoms with E-state index in [1.165, 1.54) is 49.8 Å². The molecule has 0 spiro atoms. The van der Waals surface area contributed by atoms with Gasteiger partial charge in [0.2, 0.25) is 0 Å². The summed E-state index contributed by atoms with van der Waals surface area (Å²) in [7, 11) is 4.34. The number of anilines is 1. The molecular weight excluding hydrogens is 378 g/mol. The van der Waals surface area contributed by atoms with E-state index in [1.54, 1.807) is 0 Å². The Morgan fingerprint density at radius 2 is 1.48 bits per heavy atom. The topological polar surface area (TPSA) is 11.5 Å². The molecule has 3 aromatic carbocycles. The number of rotatable bonds is 1. The average Bonchev–Trinajstić information content (AvgIpc) is 3.33.